The molecule has 1 atom stereocenters. The second-order valence-corrected chi connectivity index (χ2v) is 3.10. The van der Waals surface area contributed by atoms with Crippen molar-refractivity contribution in [1.29, 1.82) is 0 Å². The maximum atomic E-state index is 11.1. The normalized spacial score (nSPS) is 12.1. The topological polar surface area (TPSA) is 75.6 Å². The smallest absolute Gasteiger partial charge is 0.303 e. The molecule has 0 rings (SSSR count). The molecule has 0 aromatic heterocycles. The molecule has 0 spiro atoms. The molecule has 0 fully saturated rings. The summed E-state index contributed by atoms with van der Waals surface area (Å²) in [7, 11) is 1.57. The molecule has 0 aliphatic heterocycles. The molecule has 0 radical (unpaired) electrons. The van der Waals surface area contributed by atoms with Gasteiger partial charge >= 0.3 is 5.97 Å². The van der Waals surface area contributed by atoms with E-state index in [0.29, 0.717) is 13.0 Å². The minimum absolute atomic E-state index is 0.0153. The number of hydrogen-bond donors (Lipinski definition) is 2. The first kappa shape index (κ1) is 12.9. The summed E-state index contributed by atoms with van der Waals surface area (Å²) >= 11 is 0. The van der Waals surface area contributed by atoms with E-state index in [0.717, 1.165) is 0 Å². The van der Waals surface area contributed by atoms with Crippen molar-refractivity contribution in [2.75, 3.05) is 13.7 Å². The molecular formula is C9H17NO4. The Morgan fingerprint density at radius 1 is 1.43 bits per heavy atom. The Kier molecular flexibility index (Phi) is 6.74. The predicted molar refractivity (Wildman–Crippen MR) is 51.0 cm³/mol. The Morgan fingerprint density at radius 2 is 2.07 bits per heavy atom. The summed E-state index contributed by atoms with van der Waals surface area (Å²) < 4.78 is 4.93. The Labute approximate surface area is 83.4 Å². The highest BCUT2D eigenvalue weighted by molar-refractivity contribution is 5.76. The standard InChI is InChI=1S/C9H17NO4/c1-7(14-2)6-10-8(11)4-3-5-9(12)13/h7H,3-6H2,1-2H3,(H,10,11)(H,12,13). The van der Waals surface area contributed by atoms with Gasteiger partial charge in [0.25, 0.3) is 0 Å². The molecular weight excluding hydrogens is 186 g/mol. The van der Waals surface area contributed by atoms with Crippen LogP contribution in [0.25, 0.3) is 0 Å². The van der Waals surface area contributed by atoms with E-state index >= 15 is 0 Å². The van der Waals surface area contributed by atoms with Crippen molar-refractivity contribution < 1.29 is 19.4 Å². The Hall–Kier alpha value is -1.10. The Balaban J connectivity index is 3.41. The van der Waals surface area contributed by atoms with Gasteiger partial charge in [-0.05, 0) is 13.3 Å². The first-order valence-corrected chi connectivity index (χ1v) is 4.57. The third kappa shape index (κ3) is 7.54. The van der Waals surface area contributed by atoms with Gasteiger partial charge in [-0.1, -0.05) is 0 Å². The minimum atomic E-state index is -0.872. The number of carbonyl (C=O) groups is 2. The predicted octanol–water partition coefficient (Wildman–Crippen LogP) is 0.392. The van der Waals surface area contributed by atoms with Crippen molar-refractivity contribution >= 4 is 11.9 Å². The number of methoxy groups -OCH3 is 1. The van der Waals surface area contributed by atoms with Gasteiger partial charge in [0.05, 0.1) is 6.10 Å². The number of ether oxygens (including phenoxy) is 1. The summed E-state index contributed by atoms with van der Waals surface area (Å²) in [6, 6.07) is 0. The summed E-state index contributed by atoms with van der Waals surface area (Å²) in [5, 5.41) is 11.0. The van der Waals surface area contributed by atoms with Gasteiger partial charge in [0.1, 0.15) is 0 Å². The van der Waals surface area contributed by atoms with Crippen LogP contribution in [0, 0.1) is 0 Å². The van der Waals surface area contributed by atoms with Crippen molar-refractivity contribution in [2.24, 2.45) is 0 Å². The molecule has 0 bridgehead atoms. The minimum Gasteiger partial charge on any atom is -0.481 e. The van der Waals surface area contributed by atoms with Crippen molar-refractivity contribution in [2.45, 2.75) is 32.3 Å². The van der Waals surface area contributed by atoms with Crippen LogP contribution in [0.4, 0.5) is 0 Å². The van der Waals surface area contributed by atoms with Gasteiger partial charge < -0.3 is 15.2 Å². The number of hydrogen-bond acceptors (Lipinski definition) is 3. The number of carboxylic acids is 1. The lowest BCUT2D eigenvalue weighted by molar-refractivity contribution is -0.137. The lowest BCUT2D eigenvalue weighted by Gasteiger charge is -2.10. The average molecular weight is 203 g/mol. The summed E-state index contributed by atoms with van der Waals surface area (Å²) in [6.45, 7) is 2.31. The fraction of sp³-hybridized carbons (Fsp3) is 0.778. The Bertz CT molecular complexity index is 193. The zero-order chi connectivity index (χ0) is 11.0. The molecule has 1 unspecified atom stereocenters. The number of nitrogens with one attached hydrogen (secondary N) is 1. The molecule has 0 aromatic rings. The second kappa shape index (κ2) is 7.32. The molecule has 1 amide bonds. The van der Waals surface area contributed by atoms with Gasteiger partial charge in [-0.15, -0.1) is 0 Å². The zero-order valence-electron chi connectivity index (χ0n) is 8.58. The van der Waals surface area contributed by atoms with Crippen LogP contribution in [0.1, 0.15) is 26.2 Å². The first-order chi connectivity index (χ1) is 6.56. The van der Waals surface area contributed by atoms with Gasteiger partial charge in [0.2, 0.25) is 5.91 Å². The highest BCUT2D eigenvalue weighted by Crippen LogP contribution is 1.95. The third-order valence-corrected chi connectivity index (χ3v) is 1.78. The number of carboxylic acid groups (broad SMARTS) is 1. The van der Waals surface area contributed by atoms with E-state index in [9.17, 15) is 9.59 Å². The first-order valence-electron chi connectivity index (χ1n) is 4.57. The monoisotopic (exact) mass is 203 g/mol. The van der Waals surface area contributed by atoms with Crippen molar-refractivity contribution in [3.05, 3.63) is 0 Å². The maximum Gasteiger partial charge on any atom is 0.303 e. The summed E-state index contributed by atoms with van der Waals surface area (Å²) in [5.41, 5.74) is 0. The molecule has 0 heterocycles. The van der Waals surface area contributed by atoms with E-state index in [1.54, 1.807) is 7.11 Å². The molecule has 0 aliphatic rings. The lowest BCUT2D eigenvalue weighted by Crippen LogP contribution is -2.31. The number of carbonyl (C=O) groups excluding carboxylic acids is 1. The van der Waals surface area contributed by atoms with E-state index in [4.69, 9.17) is 9.84 Å². The Morgan fingerprint density at radius 3 is 2.57 bits per heavy atom. The molecule has 0 aliphatic carbocycles. The van der Waals surface area contributed by atoms with E-state index in [-0.39, 0.29) is 24.9 Å². The molecule has 0 aromatic carbocycles. The lowest BCUT2D eigenvalue weighted by atomic mass is 10.2. The molecule has 14 heavy (non-hydrogen) atoms. The summed E-state index contributed by atoms with van der Waals surface area (Å²) in [6.07, 6.45) is 0.650. The second-order valence-electron chi connectivity index (χ2n) is 3.10. The number of aliphatic carboxylic acids is 1. The van der Waals surface area contributed by atoms with Gasteiger partial charge in [-0.25, -0.2) is 0 Å². The summed E-state index contributed by atoms with van der Waals surface area (Å²) in [5.74, 6) is -1.00. The largest absolute Gasteiger partial charge is 0.481 e. The highest BCUT2D eigenvalue weighted by Gasteiger charge is 2.05. The number of amides is 1. The zero-order valence-corrected chi connectivity index (χ0v) is 8.58. The van der Waals surface area contributed by atoms with E-state index in [1.165, 1.54) is 0 Å². The van der Waals surface area contributed by atoms with Crippen LogP contribution in [0.3, 0.4) is 0 Å². The quantitative estimate of drug-likeness (QED) is 0.627. The van der Waals surface area contributed by atoms with Crippen LogP contribution in [0.5, 0.6) is 0 Å². The van der Waals surface area contributed by atoms with Crippen LogP contribution >= 0.6 is 0 Å². The molecule has 0 saturated carbocycles. The van der Waals surface area contributed by atoms with Gasteiger partial charge in [-0.3, -0.25) is 9.59 Å². The van der Waals surface area contributed by atoms with Gasteiger partial charge in [-0.2, -0.15) is 0 Å². The SMILES string of the molecule is COC(C)CNC(=O)CCCC(=O)O. The van der Waals surface area contributed by atoms with Gasteiger partial charge in [0.15, 0.2) is 0 Å². The van der Waals surface area contributed by atoms with Crippen LogP contribution in [0.15, 0.2) is 0 Å². The molecule has 2 N–H and O–H groups in total. The van der Waals surface area contributed by atoms with E-state index in [1.807, 2.05) is 6.92 Å². The van der Waals surface area contributed by atoms with E-state index in [2.05, 4.69) is 5.32 Å². The van der Waals surface area contributed by atoms with Crippen LogP contribution < -0.4 is 5.32 Å². The van der Waals surface area contributed by atoms with Crippen LogP contribution in [-0.2, 0) is 14.3 Å². The molecule has 5 heteroatoms. The molecule has 5 nitrogen and oxygen atoms in total. The summed E-state index contributed by atoms with van der Waals surface area (Å²) in [4.78, 5) is 21.2. The number of rotatable bonds is 7. The third-order valence-electron chi connectivity index (χ3n) is 1.78. The van der Waals surface area contributed by atoms with E-state index < -0.39 is 5.97 Å². The molecule has 82 valence electrons. The van der Waals surface area contributed by atoms with Crippen molar-refractivity contribution in [1.82, 2.24) is 5.32 Å². The maximum absolute atomic E-state index is 11.1. The van der Waals surface area contributed by atoms with Gasteiger partial charge in [0, 0.05) is 26.5 Å². The molecule has 0 saturated heterocycles. The van der Waals surface area contributed by atoms with Crippen LogP contribution in [-0.4, -0.2) is 36.7 Å². The van der Waals surface area contributed by atoms with Crippen LogP contribution in [0.2, 0.25) is 0 Å². The fourth-order valence-corrected chi connectivity index (χ4v) is 0.829. The fourth-order valence-electron chi connectivity index (χ4n) is 0.829. The highest BCUT2D eigenvalue weighted by atomic mass is 16.5. The average Bonchev–Trinajstić information content (AvgIpc) is 2.13. The van der Waals surface area contributed by atoms with Crippen molar-refractivity contribution in [3.63, 3.8) is 0 Å². The van der Waals surface area contributed by atoms with Crippen molar-refractivity contribution in [3.8, 4) is 0 Å².